The van der Waals surface area contributed by atoms with E-state index < -0.39 is 0 Å². The molecule has 0 unspecified atom stereocenters. The van der Waals surface area contributed by atoms with Gasteiger partial charge in [-0.1, -0.05) is 19.9 Å². The van der Waals surface area contributed by atoms with Gasteiger partial charge >= 0.3 is 0 Å². The largest absolute Gasteiger partial charge is 0.341 e. The third-order valence-corrected chi connectivity index (χ3v) is 4.23. The van der Waals surface area contributed by atoms with Crippen LogP contribution in [0.5, 0.6) is 0 Å². The van der Waals surface area contributed by atoms with Gasteiger partial charge in [-0.15, -0.1) is 12.4 Å². The Labute approximate surface area is 135 Å². The first-order valence-corrected chi connectivity index (χ1v) is 7.07. The first-order valence-electron chi connectivity index (χ1n) is 5.99. The Morgan fingerprint density at radius 1 is 1.42 bits per heavy atom. The Morgan fingerprint density at radius 2 is 2.00 bits per heavy atom. The second kappa shape index (κ2) is 7.45. The van der Waals surface area contributed by atoms with Crippen molar-refractivity contribution in [3.63, 3.8) is 0 Å². The molecule has 1 rings (SSSR count). The van der Waals surface area contributed by atoms with Crippen molar-refractivity contribution < 1.29 is 4.79 Å². The monoisotopic (exact) mass is 396 g/mol. The van der Waals surface area contributed by atoms with E-state index in [4.69, 9.17) is 5.73 Å². The summed E-state index contributed by atoms with van der Waals surface area (Å²) in [4.78, 5) is 14.1. The maximum Gasteiger partial charge on any atom is 0.253 e. The lowest BCUT2D eigenvalue weighted by Gasteiger charge is -2.29. The van der Waals surface area contributed by atoms with Gasteiger partial charge in [-0.2, -0.15) is 0 Å². The molecule has 2 N–H and O–H groups in total. The molecule has 0 aliphatic heterocycles. The maximum absolute atomic E-state index is 12.4. The van der Waals surface area contributed by atoms with Crippen LogP contribution in [0, 0.1) is 15.9 Å². The van der Waals surface area contributed by atoms with Gasteiger partial charge in [-0.25, -0.2) is 0 Å². The molecular formula is C14H22ClIN2O. The van der Waals surface area contributed by atoms with E-state index >= 15 is 0 Å². The third-order valence-electron chi connectivity index (χ3n) is 3.06. The Bertz CT molecular complexity index is 449. The molecule has 1 aromatic carbocycles. The summed E-state index contributed by atoms with van der Waals surface area (Å²) in [6.45, 7) is 7.34. The number of hydrogen-bond donors (Lipinski definition) is 1. The van der Waals surface area contributed by atoms with Crippen LogP contribution in [0.15, 0.2) is 18.2 Å². The number of nitrogens with zero attached hydrogens (tertiary/aromatic N) is 1. The van der Waals surface area contributed by atoms with Crippen LogP contribution in [0.2, 0.25) is 0 Å². The molecule has 0 fully saturated rings. The molecule has 0 aliphatic rings. The molecular weight excluding hydrogens is 375 g/mol. The molecule has 0 atom stereocenters. The maximum atomic E-state index is 12.4. The van der Waals surface area contributed by atoms with Crippen LogP contribution in [0.4, 0.5) is 0 Å². The van der Waals surface area contributed by atoms with E-state index in [1.807, 2.05) is 32.2 Å². The van der Waals surface area contributed by atoms with Crippen molar-refractivity contribution in [2.45, 2.75) is 20.8 Å². The zero-order chi connectivity index (χ0) is 13.9. The fourth-order valence-electron chi connectivity index (χ4n) is 1.82. The van der Waals surface area contributed by atoms with E-state index in [1.54, 1.807) is 4.90 Å². The molecule has 0 aromatic heterocycles. The van der Waals surface area contributed by atoms with Crippen molar-refractivity contribution in [1.29, 1.82) is 0 Å². The second-order valence-electron chi connectivity index (χ2n) is 5.44. The predicted molar refractivity (Wildman–Crippen MR) is 90.9 cm³/mol. The summed E-state index contributed by atoms with van der Waals surface area (Å²) in [5.41, 5.74) is 7.47. The Morgan fingerprint density at radius 3 is 2.53 bits per heavy atom. The van der Waals surface area contributed by atoms with E-state index in [-0.39, 0.29) is 23.7 Å². The minimum atomic E-state index is -0.0553. The lowest BCUT2D eigenvalue weighted by atomic mass is 9.93. The van der Waals surface area contributed by atoms with Gasteiger partial charge < -0.3 is 10.6 Å². The Kier molecular flexibility index (Phi) is 7.32. The number of amides is 1. The number of hydrogen-bond acceptors (Lipinski definition) is 2. The minimum Gasteiger partial charge on any atom is -0.341 e. The van der Waals surface area contributed by atoms with Gasteiger partial charge in [-0.05, 0) is 59.2 Å². The Hall–Kier alpha value is -0.330. The van der Waals surface area contributed by atoms with Crippen molar-refractivity contribution in [2.24, 2.45) is 11.1 Å². The molecule has 0 bridgehead atoms. The average molecular weight is 397 g/mol. The number of rotatable bonds is 4. The average Bonchev–Trinajstić information content (AvgIpc) is 2.31. The fraction of sp³-hybridized carbons (Fsp3) is 0.500. The molecule has 5 heteroatoms. The predicted octanol–water partition coefficient (Wildman–Crippen LogP) is 3.08. The van der Waals surface area contributed by atoms with Crippen LogP contribution in [-0.4, -0.2) is 30.9 Å². The lowest BCUT2D eigenvalue weighted by molar-refractivity contribution is 0.0739. The lowest BCUT2D eigenvalue weighted by Crippen LogP contribution is -2.40. The smallest absolute Gasteiger partial charge is 0.253 e. The standard InChI is InChI=1S/C14H21IN2O.ClH/c1-10-11(6-5-7-12(10)15)13(18)17(4)9-14(2,3)8-16;/h5-7H,8-9,16H2,1-4H3;1H. The molecule has 1 aromatic rings. The first-order chi connectivity index (χ1) is 8.28. The normalized spacial score (nSPS) is 10.8. The highest BCUT2D eigenvalue weighted by atomic mass is 127. The quantitative estimate of drug-likeness (QED) is 0.795. The highest BCUT2D eigenvalue weighted by Gasteiger charge is 2.22. The number of benzene rings is 1. The molecule has 0 saturated carbocycles. The SMILES string of the molecule is Cc1c(I)cccc1C(=O)N(C)CC(C)(C)CN.Cl. The zero-order valence-corrected chi connectivity index (χ0v) is 14.8. The summed E-state index contributed by atoms with van der Waals surface area (Å²) in [5.74, 6) is 0.0625. The van der Waals surface area contributed by atoms with Gasteiger partial charge in [0, 0.05) is 22.7 Å². The van der Waals surface area contributed by atoms with Crippen molar-refractivity contribution in [3.8, 4) is 0 Å². The van der Waals surface area contributed by atoms with Gasteiger partial charge in [0.25, 0.3) is 5.91 Å². The van der Waals surface area contributed by atoms with E-state index in [0.29, 0.717) is 13.1 Å². The molecule has 3 nitrogen and oxygen atoms in total. The van der Waals surface area contributed by atoms with Crippen LogP contribution >= 0.6 is 35.0 Å². The van der Waals surface area contributed by atoms with Gasteiger partial charge in [-0.3, -0.25) is 4.79 Å². The zero-order valence-electron chi connectivity index (χ0n) is 11.9. The second-order valence-corrected chi connectivity index (χ2v) is 6.60. The van der Waals surface area contributed by atoms with Crippen LogP contribution < -0.4 is 5.73 Å². The van der Waals surface area contributed by atoms with Gasteiger partial charge in [0.1, 0.15) is 0 Å². The highest BCUT2D eigenvalue weighted by Crippen LogP contribution is 2.19. The molecule has 0 radical (unpaired) electrons. The van der Waals surface area contributed by atoms with Crippen molar-refractivity contribution in [1.82, 2.24) is 4.90 Å². The van der Waals surface area contributed by atoms with Gasteiger partial charge in [0.2, 0.25) is 0 Å². The third kappa shape index (κ3) is 4.93. The summed E-state index contributed by atoms with van der Waals surface area (Å²) >= 11 is 2.25. The number of carbonyl (C=O) groups excluding carboxylic acids is 1. The minimum absolute atomic E-state index is 0. The molecule has 19 heavy (non-hydrogen) atoms. The summed E-state index contributed by atoms with van der Waals surface area (Å²) < 4.78 is 1.12. The summed E-state index contributed by atoms with van der Waals surface area (Å²) in [5, 5.41) is 0. The topological polar surface area (TPSA) is 46.3 Å². The van der Waals surface area contributed by atoms with Crippen LogP contribution in [0.25, 0.3) is 0 Å². The molecule has 108 valence electrons. The van der Waals surface area contributed by atoms with Crippen LogP contribution in [-0.2, 0) is 0 Å². The van der Waals surface area contributed by atoms with E-state index in [1.165, 1.54) is 0 Å². The first kappa shape index (κ1) is 18.7. The summed E-state index contributed by atoms with van der Waals surface area (Å²) in [7, 11) is 1.83. The van der Waals surface area contributed by atoms with E-state index in [9.17, 15) is 4.79 Å². The number of nitrogens with two attached hydrogens (primary N) is 1. The number of halogens is 2. The van der Waals surface area contributed by atoms with Crippen molar-refractivity contribution in [3.05, 3.63) is 32.9 Å². The Balaban J connectivity index is 0.00000324. The van der Waals surface area contributed by atoms with Crippen LogP contribution in [0.1, 0.15) is 29.8 Å². The molecule has 0 heterocycles. The van der Waals surface area contributed by atoms with Crippen LogP contribution in [0.3, 0.4) is 0 Å². The molecule has 0 aliphatic carbocycles. The number of carbonyl (C=O) groups is 1. The summed E-state index contributed by atoms with van der Waals surface area (Å²) in [6.07, 6.45) is 0. The fourth-order valence-corrected chi connectivity index (χ4v) is 2.32. The molecule has 1 amide bonds. The molecule has 0 saturated heterocycles. The highest BCUT2D eigenvalue weighted by molar-refractivity contribution is 14.1. The molecule has 0 spiro atoms. The van der Waals surface area contributed by atoms with E-state index in [0.717, 1.165) is 14.7 Å². The summed E-state index contributed by atoms with van der Waals surface area (Å²) in [6, 6.07) is 5.81. The van der Waals surface area contributed by atoms with Gasteiger partial charge in [0.05, 0.1) is 0 Å². The van der Waals surface area contributed by atoms with Gasteiger partial charge in [0.15, 0.2) is 0 Å². The van der Waals surface area contributed by atoms with Crippen molar-refractivity contribution in [2.75, 3.05) is 20.1 Å². The van der Waals surface area contributed by atoms with E-state index in [2.05, 4.69) is 36.4 Å². The van der Waals surface area contributed by atoms with Crippen molar-refractivity contribution >= 4 is 40.9 Å².